The molecule has 0 heterocycles. The van der Waals surface area contributed by atoms with Crippen molar-refractivity contribution in [2.24, 2.45) is 5.73 Å². The molecule has 0 radical (unpaired) electrons. The average Bonchev–Trinajstić information content (AvgIpc) is 2.12. The molecule has 3 nitrogen and oxygen atoms in total. The van der Waals surface area contributed by atoms with Gasteiger partial charge in [-0.2, -0.15) is 0 Å². The minimum Gasteiger partial charge on any atom is -0.504 e. The van der Waals surface area contributed by atoms with Crippen LogP contribution < -0.4 is 5.73 Å². The summed E-state index contributed by atoms with van der Waals surface area (Å²) in [6.07, 6.45) is 0. The molecular weight excluding hydrogens is 234 g/mol. The third-order valence-corrected chi connectivity index (χ3v) is 2.68. The number of hydrogen-bond donors (Lipinski definition) is 3. The number of hydrogen-bond acceptors (Lipinski definition) is 3. The lowest BCUT2D eigenvalue weighted by atomic mass is 10.00. The van der Waals surface area contributed by atoms with Gasteiger partial charge in [-0.1, -0.05) is 22.9 Å². The summed E-state index contributed by atoms with van der Waals surface area (Å²) in [6, 6.07) is 3.13. The summed E-state index contributed by atoms with van der Waals surface area (Å²) in [5, 5.41) is 18.8. The summed E-state index contributed by atoms with van der Waals surface area (Å²) in [5.41, 5.74) is 6.13. The predicted octanol–water partition coefficient (Wildman–Crippen LogP) is 1.92. The molecule has 13 heavy (non-hydrogen) atoms. The van der Waals surface area contributed by atoms with Crippen molar-refractivity contribution in [3.63, 3.8) is 0 Å². The highest BCUT2D eigenvalue weighted by Gasteiger charge is 2.15. The van der Waals surface area contributed by atoms with E-state index < -0.39 is 0 Å². The van der Waals surface area contributed by atoms with Gasteiger partial charge in [0.05, 0.1) is 0 Å². The summed E-state index contributed by atoms with van der Waals surface area (Å²) < 4.78 is 0.765. The first-order valence-electron chi connectivity index (χ1n) is 3.98. The topological polar surface area (TPSA) is 66.5 Å². The van der Waals surface area contributed by atoms with Crippen molar-refractivity contribution in [1.82, 2.24) is 0 Å². The van der Waals surface area contributed by atoms with E-state index in [9.17, 15) is 10.2 Å². The number of halogens is 1. The van der Waals surface area contributed by atoms with Crippen LogP contribution in [0.4, 0.5) is 0 Å². The van der Waals surface area contributed by atoms with E-state index in [-0.39, 0.29) is 17.4 Å². The summed E-state index contributed by atoms with van der Waals surface area (Å²) in [5.74, 6) is -0.188. The Morgan fingerprint density at radius 2 is 2.08 bits per heavy atom. The predicted molar refractivity (Wildman–Crippen MR) is 54.9 cm³/mol. The van der Waals surface area contributed by atoms with Gasteiger partial charge in [-0.3, -0.25) is 0 Å². The van der Waals surface area contributed by atoms with E-state index in [0.717, 1.165) is 4.47 Å². The van der Waals surface area contributed by atoms with Crippen molar-refractivity contribution >= 4 is 15.9 Å². The molecule has 4 heteroatoms. The minimum absolute atomic E-state index is 0.0153. The Hall–Kier alpha value is -0.740. The largest absolute Gasteiger partial charge is 0.504 e. The molecule has 1 aromatic carbocycles. The van der Waals surface area contributed by atoms with E-state index in [1.807, 2.05) is 6.92 Å². The number of aromatic hydroxyl groups is 2. The van der Waals surface area contributed by atoms with Gasteiger partial charge in [-0.25, -0.2) is 0 Å². The molecule has 0 fully saturated rings. The molecule has 0 aliphatic heterocycles. The highest BCUT2D eigenvalue weighted by Crippen LogP contribution is 2.38. The summed E-state index contributed by atoms with van der Waals surface area (Å²) in [6.45, 7) is 2.31. The molecular formula is C9H12BrNO2. The zero-order valence-electron chi connectivity index (χ0n) is 7.29. The Labute approximate surface area is 85.3 Å². The summed E-state index contributed by atoms with van der Waals surface area (Å²) in [7, 11) is 0. The first kappa shape index (κ1) is 10.3. The Morgan fingerprint density at radius 1 is 1.46 bits per heavy atom. The zero-order valence-corrected chi connectivity index (χ0v) is 8.87. The zero-order chi connectivity index (χ0) is 10.0. The lowest BCUT2D eigenvalue weighted by Gasteiger charge is -2.13. The maximum absolute atomic E-state index is 9.54. The third kappa shape index (κ3) is 1.95. The lowest BCUT2D eigenvalue weighted by Crippen LogP contribution is -2.09. The molecule has 0 saturated carbocycles. The number of rotatable bonds is 2. The molecule has 1 aromatic rings. The molecule has 1 atom stereocenters. The first-order valence-corrected chi connectivity index (χ1v) is 4.77. The Balaban J connectivity index is 3.25. The monoisotopic (exact) mass is 245 g/mol. The smallest absolute Gasteiger partial charge is 0.162 e. The van der Waals surface area contributed by atoms with E-state index in [1.54, 1.807) is 6.07 Å². The van der Waals surface area contributed by atoms with Crippen LogP contribution in [0.3, 0.4) is 0 Å². The number of phenolic OH excluding ortho intramolecular Hbond substituents is 2. The fraction of sp³-hybridized carbons (Fsp3) is 0.333. The summed E-state index contributed by atoms with van der Waals surface area (Å²) >= 11 is 3.30. The molecule has 0 spiro atoms. The SMILES string of the molecule is CC(CN)c1c(Br)ccc(O)c1O. The van der Waals surface area contributed by atoms with Crippen molar-refractivity contribution in [3.05, 3.63) is 22.2 Å². The number of benzene rings is 1. The molecule has 1 unspecified atom stereocenters. The second-order valence-corrected chi connectivity index (χ2v) is 3.82. The van der Waals surface area contributed by atoms with Crippen LogP contribution in [-0.2, 0) is 0 Å². The molecule has 0 aromatic heterocycles. The van der Waals surface area contributed by atoms with Crippen LogP contribution in [0.15, 0.2) is 16.6 Å². The molecule has 1 rings (SSSR count). The van der Waals surface area contributed by atoms with Crippen molar-refractivity contribution in [2.75, 3.05) is 6.54 Å². The Kier molecular flexibility index (Phi) is 3.17. The third-order valence-electron chi connectivity index (χ3n) is 1.99. The van der Waals surface area contributed by atoms with Crippen LogP contribution in [0.1, 0.15) is 18.4 Å². The van der Waals surface area contributed by atoms with Gasteiger partial charge in [-0.15, -0.1) is 0 Å². The van der Waals surface area contributed by atoms with E-state index in [1.165, 1.54) is 6.07 Å². The highest BCUT2D eigenvalue weighted by molar-refractivity contribution is 9.10. The molecule has 0 amide bonds. The van der Waals surface area contributed by atoms with E-state index in [2.05, 4.69) is 15.9 Å². The quantitative estimate of drug-likeness (QED) is 0.698. The van der Waals surface area contributed by atoms with Gasteiger partial charge in [0.15, 0.2) is 11.5 Å². The minimum atomic E-state index is -0.112. The molecule has 0 aliphatic carbocycles. The van der Waals surface area contributed by atoms with Gasteiger partial charge in [0, 0.05) is 10.0 Å². The van der Waals surface area contributed by atoms with Crippen LogP contribution in [0.5, 0.6) is 11.5 Å². The second kappa shape index (κ2) is 3.98. The number of phenols is 2. The molecule has 4 N–H and O–H groups in total. The van der Waals surface area contributed by atoms with Crippen LogP contribution in [0.2, 0.25) is 0 Å². The fourth-order valence-electron chi connectivity index (χ4n) is 1.16. The Morgan fingerprint density at radius 3 is 2.62 bits per heavy atom. The second-order valence-electron chi connectivity index (χ2n) is 2.97. The van der Waals surface area contributed by atoms with Crippen LogP contribution in [0.25, 0.3) is 0 Å². The maximum atomic E-state index is 9.54. The molecule has 72 valence electrons. The normalized spacial score (nSPS) is 12.8. The van der Waals surface area contributed by atoms with Crippen molar-refractivity contribution < 1.29 is 10.2 Å². The summed E-state index contributed by atoms with van der Waals surface area (Å²) in [4.78, 5) is 0. The van der Waals surface area contributed by atoms with Gasteiger partial charge in [0.2, 0.25) is 0 Å². The highest BCUT2D eigenvalue weighted by atomic mass is 79.9. The van der Waals surface area contributed by atoms with Crippen LogP contribution in [-0.4, -0.2) is 16.8 Å². The lowest BCUT2D eigenvalue weighted by molar-refractivity contribution is 0.396. The molecule has 0 bridgehead atoms. The Bertz CT molecular complexity index is 315. The van der Waals surface area contributed by atoms with Gasteiger partial charge in [-0.05, 0) is 24.6 Å². The van der Waals surface area contributed by atoms with Gasteiger partial charge in [0.1, 0.15) is 0 Å². The van der Waals surface area contributed by atoms with Crippen molar-refractivity contribution in [2.45, 2.75) is 12.8 Å². The van der Waals surface area contributed by atoms with E-state index in [0.29, 0.717) is 12.1 Å². The van der Waals surface area contributed by atoms with Crippen LogP contribution >= 0.6 is 15.9 Å². The molecule has 0 aliphatic rings. The van der Waals surface area contributed by atoms with Gasteiger partial charge in [0.25, 0.3) is 0 Å². The number of nitrogens with two attached hydrogens (primary N) is 1. The fourth-order valence-corrected chi connectivity index (χ4v) is 1.87. The van der Waals surface area contributed by atoms with Gasteiger partial charge < -0.3 is 15.9 Å². The standard InChI is InChI=1S/C9H12BrNO2/c1-5(4-11)8-6(10)2-3-7(12)9(8)13/h2-3,5,12-13H,4,11H2,1H3. The van der Waals surface area contributed by atoms with Crippen molar-refractivity contribution in [3.8, 4) is 11.5 Å². The molecule has 0 saturated heterocycles. The van der Waals surface area contributed by atoms with Crippen LogP contribution in [0, 0.1) is 0 Å². The van der Waals surface area contributed by atoms with Crippen molar-refractivity contribution in [1.29, 1.82) is 0 Å². The van der Waals surface area contributed by atoms with E-state index >= 15 is 0 Å². The first-order chi connectivity index (χ1) is 6.07. The van der Waals surface area contributed by atoms with Gasteiger partial charge >= 0.3 is 0 Å². The maximum Gasteiger partial charge on any atom is 0.162 e. The average molecular weight is 246 g/mol. The van der Waals surface area contributed by atoms with E-state index in [4.69, 9.17) is 5.73 Å².